The van der Waals surface area contributed by atoms with Crippen molar-refractivity contribution in [2.24, 2.45) is 0 Å². The highest BCUT2D eigenvalue weighted by atomic mass is 32.1. The summed E-state index contributed by atoms with van der Waals surface area (Å²) < 4.78 is 4.94. The molecule has 9 aromatic rings. The Labute approximate surface area is 246 Å². The SMILES string of the molecule is Cc1ccc2sc3c(c2c1)c1ccccc1c1c3c2cc(C)ccc2n1-c1nc(-c2ccccc2)c2ccccc2n1. The van der Waals surface area contributed by atoms with Crippen molar-refractivity contribution >= 4 is 75.0 Å². The third-order valence-corrected chi connectivity index (χ3v) is 9.67. The van der Waals surface area contributed by atoms with Gasteiger partial charge < -0.3 is 0 Å². The minimum absolute atomic E-state index is 0.692. The van der Waals surface area contributed by atoms with E-state index in [1.165, 1.54) is 52.8 Å². The molecule has 0 aliphatic carbocycles. The first-order chi connectivity index (χ1) is 20.7. The molecule has 0 spiro atoms. The summed E-state index contributed by atoms with van der Waals surface area (Å²) in [4.78, 5) is 10.6. The number of hydrogen-bond acceptors (Lipinski definition) is 3. The summed E-state index contributed by atoms with van der Waals surface area (Å²) in [6.07, 6.45) is 0. The second-order valence-corrected chi connectivity index (χ2v) is 12.2. The van der Waals surface area contributed by atoms with Crippen molar-refractivity contribution in [1.82, 2.24) is 14.5 Å². The predicted octanol–water partition coefficient (Wildman–Crippen LogP) is 10.5. The van der Waals surface area contributed by atoms with Gasteiger partial charge in [0.2, 0.25) is 5.95 Å². The lowest BCUT2D eigenvalue weighted by atomic mass is 9.99. The second kappa shape index (κ2) is 8.72. The molecule has 4 heteroatoms. The van der Waals surface area contributed by atoms with E-state index < -0.39 is 0 Å². The van der Waals surface area contributed by atoms with Crippen LogP contribution in [0.25, 0.3) is 80.9 Å². The lowest BCUT2D eigenvalue weighted by molar-refractivity contribution is 1.02. The quantitative estimate of drug-likeness (QED) is 0.212. The molecule has 0 atom stereocenters. The highest BCUT2D eigenvalue weighted by Gasteiger charge is 2.23. The zero-order valence-electron chi connectivity index (χ0n) is 23.2. The molecule has 3 heterocycles. The minimum Gasteiger partial charge on any atom is -0.277 e. The number of nitrogens with zero attached hydrogens (tertiary/aromatic N) is 3. The van der Waals surface area contributed by atoms with Gasteiger partial charge in [-0.2, -0.15) is 0 Å². The molecule has 0 aliphatic rings. The Hall–Kier alpha value is -5.06. The summed E-state index contributed by atoms with van der Waals surface area (Å²) in [7, 11) is 0. The highest BCUT2D eigenvalue weighted by molar-refractivity contribution is 7.27. The van der Waals surface area contributed by atoms with Gasteiger partial charge in [-0.25, -0.2) is 9.97 Å². The van der Waals surface area contributed by atoms with E-state index in [1.807, 2.05) is 17.4 Å². The van der Waals surface area contributed by atoms with Crippen molar-refractivity contribution < 1.29 is 0 Å². The molecule has 0 unspecified atom stereocenters. The number of aromatic nitrogens is 3. The molecule has 0 amide bonds. The Morgan fingerprint density at radius 2 is 1.26 bits per heavy atom. The number of benzene rings is 6. The van der Waals surface area contributed by atoms with Gasteiger partial charge in [-0.05, 0) is 49.6 Å². The molecule has 0 N–H and O–H groups in total. The first-order valence-corrected chi connectivity index (χ1v) is 15.1. The molecule has 0 aliphatic heterocycles. The van der Waals surface area contributed by atoms with Crippen LogP contribution in [0, 0.1) is 13.8 Å². The number of fused-ring (bicyclic) bond motifs is 11. The van der Waals surface area contributed by atoms with Crippen LogP contribution in [0.4, 0.5) is 0 Å². The van der Waals surface area contributed by atoms with Gasteiger partial charge in [-0.3, -0.25) is 4.57 Å². The minimum atomic E-state index is 0.692. The summed E-state index contributed by atoms with van der Waals surface area (Å²) in [5.41, 5.74) is 7.77. The Balaban J connectivity index is 1.53. The van der Waals surface area contributed by atoms with Gasteiger partial charge >= 0.3 is 0 Å². The number of para-hydroxylation sites is 1. The molecule has 198 valence electrons. The van der Waals surface area contributed by atoms with Crippen LogP contribution in [0.3, 0.4) is 0 Å². The van der Waals surface area contributed by atoms with Crippen LogP contribution < -0.4 is 0 Å². The summed E-state index contributed by atoms with van der Waals surface area (Å²) in [5.74, 6) is 0.692. The first-order valence-electron chi connectivity index (χ1n) is 14.3. The van der Waals surface area contributed by atoms with Crippen LogP contribution >= 0.6 is 11.3 Å². The molecule has 0 saturated carbocycles. The lowest BCUT2D eigenvalue weighted by Gasteiger charge is -2.13. The van der Waals surface area contributed by atoms with Gasteiger partial charge in [0, 0.05) is 47.3 Å². The van der Waals surface area contributed by atoms with E-state index in [0.717, 1.165) is 33.2 Å². The fourth-order valence-corrected chi connectivity index (χ4v) is 7.90. The largest absolute Gasteiger partial charge is 0.277 e. The normalized spacial score (nSPS) is 12.0. The topological polar surface area (TPSA) is 30.7 Å². The first kappa shape index (κ1) is 23.6. The summed E-state index contributed by atoms with van der Waals surface area (Å²) in [5, 5.41) is 8.72. The van der Waals surface area contributed by atoms with Crippen LogP contribution in [-0.4, -0.2) is 14.5 Å². The molecule has 0 bridgehead atoms. The number of rotatable bonds is 2. The molecule has 9 rings (SSSR count). The molecule has 0 radical (unpaired) electrons. The zero-order chi connectivity index (χ0) is 27.9. The van der Waals surface area contributed by atoms with Gasteiger partial charge in [-0.15, -0.1) is 11.3 Å². The van der Waals surface area contributed by atoms with Crippen LogP contribution in [0.5, 0.6) is 0 Å². The third kappa shape index (κ3) is 3.27. The van der Waals surface area contributed by atoms with Gasteiger partial charge in [0.15, 0.2) is 0 Å². The summed E-state index contributed by atoms with van der Waals surface area (Å²) >= 11 is 1.89. The smallest absolute Gasteiger partial charge is 0.235 e. The van der Waals surface area contributed by atoms with Crippen molar-refractivity contribution in [3.63, 3.8) is 0 Å². The Morgan fingerprint density at radius 3 is 2.10 bits per heavy atom. The number of thiophene rings is 1. The average Bonchev–Trinajstić information content (AvgIpc) is 3.57. The lowest BCUT2D eigenvalue weighted by Crippen LogP contribution is -2.03. The maximum absolute atomic E-state index is 5.33. The van der Waals surface area contributed by atoms with Crippen LogP contribution in [0.2, 0.25) is 0 Å². The van der Waals surface area contributed by atoms with Crippen LogP contribution in [0.15, 0.2) is 115 Å². The number of aryl methyl sites for hydroxylation is 2. The molecule has 0 saturated heterocycles. The fraction of sp³-hybridized carbons (Fsp3) is 0.0526. The molecular formula is C38H25N3S. The molecule has 3 nitrogen and oxygen atoms in total. The van der Waals surface area contributed by atoms with Crippen molar-refractivity contribution in [2.75, 3.05) is 0 Å². The van der Waals surface area contributed by atoms with Crippen molar-refractivity contribution in [1.29, 1.82) is 0 Å². The Bertz CT molecular complexity index is 2540. The molecule has 42 heavy (non-hydrogen) atoms. The molecule has 3 aromatic heterocycles. The van der Waals surface area contributed by atoms with Gasteiger partial charge in [0.1, 0.15) is 0 Å². The van der Waals surface area contributed by atoms with E-state index in [9.17, 15) is 0 Å². The van der Waals surface area contributed by atoms with E-state index in [4.69, 9.17) is 9.97 Å². The second-order valence-electron chi connectivity index (χ2n) is 11.2. The molecule has 0 fully saturated rings. The van der Waals surface area contributed by atoms with Crippen LogP contribution in [-0.2, 0) is 0 Å². The molecule has 6 aromatic carbocycles. The zero-order valence-corrected chi connectivity index (χ0v) is 24.0. The highest BCUT2D eigenvalue weighted by Crippen LogP contribution is 2.48. The summed E-state index contributed by atoms with van der Waals surface area (Å²) in [6, 6.07) is 41.2. The number of hydrogen-bond donors (Lipinski definition) is 0. The van der Waals surface area contributed by atoms with E-state index in [0.29, 0.717) is 5.95 Å². The van der Waals surface area contributed by atoms with Gasteiger partial charge in [-0.1, -0.05) is 96.1 Å². The monoisotopic (exact) mass is 555 g/mol. The fourth-order valence-electron chi connectivity index (χ4n) is 6.64. The van der Waals surface area contributed by atoms with E-state index in [1.54, 1.807) is 0 Å². The maximum atomic E-state index is 5.33. The standard InChI is InChI=1S/C38H25N3S/c1-22-16-18-31-28(20-22)34-36(26-13-7-6-12-25(26)33-29-21-23(2)17-19-32(29)42-37(33)34)41(31)38-39-30-15-9-8-14-27(30)35(40-38)24-10-4-3-5-11-24/h3-21H,1-2H3. The molecular weight excluding hydrogens is 531 g/mol. The maximum Gasteiger partial charge on any atom is 0.235 e. The van der Waals surface area contributed by atoms with Crippen molar-refractivity contribution in [2.45, 2.75) is 13.8 Å². The van der Waals surface area contributed by atoms with Gasteiger partial charge in [0.25, 0.3) is 0 Å². The predicted molar refractivity (Wildman–Crippen MR) is 179 cm³/mol. The van der Waals surface area contributed by atoms with E-state index >= 15 is 0 Å². The third-order valence-electron chi connectivity index (χ3n) is 8.48. The average molecular weight is 556 g/mol. The summed E-state index contributed by atoms with van der Waals surface area (Å²) in [6.45, 7) is 4.36. The Kier molecular flexibility index (Phi) is 4.90. The van der Waals surface area contributed by atoms with E-state index in [-0.39, 0.29) is 0 Å². The van der Waals surface area contributed by atoms with Crippen molar-refractivity contribution in [3.05, 3.63) is 126 Å². The Morgan fingerprint density at radius 1 is 0.571 bits per heavy atom. The van der Waals surface area contributed by atoms with Crippen molar-refractivity contribution in [3.8, 4) is 17.2 Å². The van der Waals surface area contributed by atoms with Crippen LogP contribution in [0.1, 0.15) is 11.1 Å². The van der Waals surface area contributed by atoms with Gasteiger partial charge in [0.05, 0.1) is 22.2 Å². The van der Waals surface area contributed by atoms with E-state index in [2.05, 4.69) is 128 Å².